The predicted octanol–water partition coefficient (Wildman–Crippen LogP) is 5.06. The first-order valence-corrected chi connectivity index (χ1v) is 10.8. The van der Waals surface area contributed by atoms with Crippen LogP contribution in [0.2, 0.25) is 0 Å². The summed E-state index contributed by atoms with van der Waals surface area (Å²) < 4.78 is 11.7. The van der Waals surface area contributed by atoms with Crippen molar-refractivity contribution in [2.24, 2.45) is 5.92 Å². The summed E-state index contributed by atoms with van der Waals surface area (Å²) in [6, 6.07) is 3.90. The van der Waals surface area contributed by atoms with Crippen LogP contribution >= 0.6 is 27.3 Å². The summed E-state index contributed by atoms with van der Waals surface area (Å²) in [6.45, 7) is 5.96. The van der Waals surface area contributed by atoms with Crippen molar-refractivity contribution < 1.29 is 19.1 Å². The molecule has 0 unspecified atom stereocenters. The van der Waals surface area contributed by atoms with E-state index in [1.165, 1.54) is 18.4 Å². The van der Waals surface area contributed by atoms with E-state index in [4.69, 9.17) is 9.47 Å². The molecule has 0 bridgehead atoms. The van der Waals surface area contributed by atoms with Crippen LogP contribution in [-0.4, -0.2) is 25.6 Å². The number of amides is 1. The first-order valence-electron chi connectivity index (χ1n) is 9.22. The van der Waals surface area contributed by atoms with Crippen molar-refractivity contribution >= 4 is 44.1 Å². The third-order valence-electron chi connectivity index (χ3n) is 4.93. The molecule has 0 spiro atoms. The van der Waals surface area contributed by atoms with Crippen LogP contribution in [0.15, 0.2) is 16.6 Å². The summed E-state index contributed by atoms with van der Waals surface area (Å²) in [5.74, 6) is 0.583. The van der Waals surface area contributed by atoms with Gasteiger partial charge in [-0.3, -0.25) is 4.79 Å². The molecule has 1 amide bonds. The maximum Gasteiger partial charge on any atom is 0.341 e. The van der Waals surface area contributed by atoms with E-state index in [9.17, 15) is 9.59 Å². The molecule has 0 saturated carbocycles. The highest BCUT2D eigenvalue weighted by molar-refractivity contribution is 9.10. The van der Waals surface area contributed by atoms with E-state index in [1.54, 1.807) is 0 Å². The lowest BCUT2D eigenvalue weighted by Crippen LogP contribution is -2.21. The van der Waals surface area contributed by atoms with Crippen LogP contribution in [0.5, 0.6) is 5.75 Å². The van der Waals surface area contributed by atoms with E-state index < -0.39 is 5.97 Å². The number of methoxy groups -OCH3 is 1. The van der Waals surface area contributed by atoms with Gasteiger partial charge < -0.3 is 14.8 Å². The number of rotatable bonds is 5. The van der Waals surface area contributed by atoms with Crippen molar-refractivity contribution in [3.8, 4) is 5.75 Å². The molecule has 1 N–H and O–H groups in total. The molecule has 1 aromatic carbocycles. The number of anilines is 1. The van der Waals surface area contributed by atoms with Gasteiger partial charge in [0.05, 0.1) is 12.7 Å². The number of benzene rings is 1. The molecule has 0 saturated heterocycles. The lowest BCUT2D eigenvalue weighted by atomic mass is 9.88. The SMILES string of the molecule is COC(=O)c1c(NC(=O)COc2c(C)cc(Br)cc2C)sc2c1CC[C@@H](C)C2. The van der Waals surface area contributed by atoms with Gasteiger partial charge >= 0.3 is 5.97 Å². The van der Waals surface area contributed by atoms with Gasteiger partial charge in [-0.15, -0.1) is 11.3 Å². The number of aryl methyl sites for hydroxylation is 2. The molecular formula is C21H24BrNO4S. The number of hydrogen-bond acceptors (Lipinski definition) is 5. The van der Waals surface area contributed by atoms with Gasteiger partial charge in [0.2, 0.25) is 0 Å². The minimum atomic E-state index is -0.400. The van der Waals surface area contributed by atoms with Crippen LogP contribution in [0.4, 0.5) is 5.00 Å². The Kier molecular flexibility index (Phi) is 6.45. The van der Waals surface area contributed by atoms with Crippen molar-refractivity contribution in [3.05, 3.63) is 43.7 Å². The zero-order valence-corrected chi connectivity index (χ0v) is 18.9. The first kappa shape index (κ1) is 20.9. The van der Waals surface area contributed by atoms with Gasteiger partial charge in [0.15, 0.2) is 6.61 Å². The van der Waals surface area contributed by atoms with Crippen LogP contribution in [-0.2, 0) is 22.4 Å². The van der Waals surface area contributed by atoms with Crippen molar-refractivity contribution in [3.63, 3.8) is 0 Å². The first-order chi connectivity index (χ1) is 13.3. The molecule has 1 aliphatic carbocycles. The predicted molar refractivity (Wildman–Crippen MR) is 115 cm³/mol. The number of carbonyl (C=O) groups excluding carboxylic acids is 2. The molecule has 1 aliphatic rings. The number of esters is 1. The lowest BCUT2D eigenvalue weighted by molar-refractivity contribution is -0.118. The number of thiophene rings is 1. The third-order valence-corrected chi connectivity index (χ3v) is 6.55. The minimum Gasteiger partial charge on any atom is -0.483 e. The van der Waals surface area contributed by atoms with Gasteiger partial charge in [-0.1, -0.05) is 22.9 Å². The fraction of sp³-hybridized carbons (Fsp3) is 0.429. The van der Waals surface area contributed by atoms with Crippen LogP contribution < -0.4 is 10.1 Å². The summed E-state index contributed by atoms with van der Waals surface area (Å²) in [5, 5.41) is 3.42. The number of ether oxygens (including phenoxy) is 2. The zero-order valence-electron chi connectivity index (χ0n) is 16.5. The van der Waals surface area contributed by atoms with Gasteiger partial charge in [-0.2, -0.15) is 0 Å². The maximum atomic E-state index is 12.5. The number of carbonyl (C=O) groups is 2. The average Bonchev–Trinajstić information content (AvgIpc) is 2.96. The van der Waals surface area contributed by atoms with Crippen LogP contribution in [0.1, 0.15) is 45.3 Å². The van der Waals surface area contributed by atoms with Crippen LogP contribution in [0.3, 0.4) is 0 Å². The Morgan fingerprint density at radius 3 is 2.61 bits per heavy atom. The van der Waals surface area contributed by atoms with E-state index in [1.807, 2.05) is 26.0 Å². The number of fused-ring (bicyclic) bond motifs is 1. The van der Waals surface area contributed by atoms with E-state index in [0.717, 1.165) is 45.3 Å². The van der Waals surface area contributed by atoms with E-state index in [0.29, 0.717) is 22.2 Å². The highest BCUT2D eigenvalue weighted by Gasteiger charge is 2.29. The second kappa shape index (κ2) is 8.66. The highest BCUT2D eigenvalue weighted by Crippen LogP contribution is 2.40. The Morgan fingerprint density at radius 2 is 1.96 bits per heavy atom. The van der Waals surface area contributed by atoms with E-state index in [2.05, 4.69) is 28.2 Å². The van der Waals surface area contributed by atoms with Crippen LogP contribution in [0, 0.1) is 19.8 Å². The molecule has 28 heavy (non-hydrogen) atoms. The van der Waals surface area contributed by atoms with Crippen molar-refractivity contribution in [2.75, 3.05) is 19.0 Å². The molecule has 2 aromatic rings. The zero-order chi connectivity index (χ0) is 20.4. The lowest BCUT2D eigenvalue weighted by Gasteiger charge is -2.18. The minimum absolute atomic E-state index is 0.122. The Morgan fingerprint density at radius 1 is 1.29 bits per heavy atom. The highest BCUT2D eigenvalue weighted by atomic mass is 79.9. The van der Waals surface area contributed by atoms with Crippen LogP contribution in [0.25, 0.3) is 0 Å². The summed E-state index contributed by atoms with van der Waals surface area (Å²) >= 11 is 4.93. The molecule has 0 radical (unpaired) electrons. The molecule has 7 heteroatoms. The van der Waals surface area contributed by atoms with Crippen molar-refractivity contribution in [2.45, 2.75) is 40.0 Å². The summed E-state index contributed by atoms with van der Waals surface area (Å²) in [6.07, 6.45) is 2.79. The van der Waals surface area contributed by atoms with Gasteiger partial charge in [0, 0.05) is 9.35 Å². The quantitative estimate of drug-likeness (QED) is 0.626. The summed E-state index contributed by atoms with van der Waals surface area (Å²) in [7, 11) is 1.37. The standard InChI is InChI=1S/C21H24BrNO4S/c1-11-5-6-15-16(7-11)28-20(18(15)21(25)26-4)23-17(24)10-27-19-12(2)8-14(22)9-13(19)3/h8-9,11H,5-7,10H2,1-4H3,(H,23,24)/t11-/m1/s1. The fourth-order valence-electron chi connectivity index (χ4n) is 3.58. The fourth-order valence-corrected chi connectivity index (χ4v) is 5.68. The number of hydrogen-bond donors (Lipinski definition) is 1. The Labute approximate surface area is 177 Å². The molecule has 1 heterocycles. The molecule has 1 atom stereocenters. The largest absolute Gasteiger partial charge is 0.483 e. The molecule has 0 aliphatic heterocycles. The average molecular weight is 466 g/mol. The third kappa shape index (κ3) is 4.41. The molecule has 0 fully saturated rings. The maximum absolute atomic E-state index is 12.5. The Hall–Kier alpha value is -1.86. The Balaban J connectivity index is 1.76. The molecule has 150 valence electrons. The van der Waals surface area contributed by atoms with Gasteiger partial charge in [-0.05, 0) is 67.9 Å². The van der Waals surface area contributed by atoms with Gasteiger partial charge in [0.1, 0.15) is 10.8 Å². The smallest absolute Gasteiger partial charge is 0.341 e. The monoisotopic (exact) mass is 465 g/mol. The molecule has 1 aromatic heterocycles. The summed E-state index contributed by atoms with van der Waals surface area (Å²) in [4.78, 5) is 26.0. The number of halogens is 1. The molecule has 5 nitrogen and oxygen atoms in total. The van der Waals surface area contributed by atoms with Gasteiger partial charge in [-0.25, -0.2) is 4.79 Å². The van der Waals surface area contributed by atoms with Crippen molar-refractivity contribution in [1.82, 2.24) is 0 Å². The molecule has 3 rings (SSSR count). The van der Waals surface area contributed by atoms with E-state index >= 15 is 0 Å². The molecular weight excluding hydrogens is 442 g/mol. The Bertz CT molecular complexity index is 898. The second-order valence-corrected chi connectivity index (χ2v) is 9.27. The van der Waals surface area contributed by atoms with Gasteiger partial charge in [0.25, 0.3) is 5.91 Å². The normalized spacial score (nSPS) is 15.7. The second-order valence-electron chi connectivity index (χ2n) is 7.25. The number of nitrogens with one attached hydrogen (secondary N) is 1. The van der Waals surface area contributed by atoms with E-state index in [-0.39, 0.29) is 12.5 Å². The van der Waals surface area contributed by atoms with Crippen molar-refractivity contribution in [1.29, 1.82) is 0 Å². The topological polar surface area (TPSA) is 64.6 Å². The summed E-state index contributed by atoms with van der Waals surface area (Å²) in [5.41, 5.74) is 3.43.